The van der Waals surface area contributed by atoms with Crippen LogP contribution in [0.3, 0.4) is 0 Å². The summed E-state index contributed by atoms with van der Waals surface area (Å²) in [6.07, 6.45) is -3.71. The summed E-state index contributed by atoms with van der Waals surface area (Å²) in [6.45, 7) is 0.146. The van der Waals surface area contributed by atoms with Crippen molar-refractivity contribution in [2.24, 2.45) is 5.73 Å². The van der Waals surface area contributed by atoms with Crippen LogP contribution in [0.5, 0.6) is 0 Å². The van der Waals surface area contributed by atoms with E-state index in [1.54, 1.807) is 4.90 Å². The van der Waals surface area contributed by atoms with Crippen molar-refractivity contribution in [3.05, 3.63) is 35.9 Å². The Kier molecular flexibility index (Phi) is 7.18. The molecule has 0 heterocycles. The maximum atomic E-state index is 12.1. The second kappa shape index (κ2) is 8.63. The molecular formula is C14H20F3N3O. The van der Waals surface area contributed by atoms with Crippen molar-refractivity contribution >= 4 is 5.91 Å². The molecule has 7 heteroatoms. The third-order valence-electron chi connectivity index (χ3n) is 2.78. The van der Waals surface area contributed by atoms with E-state index in [0.29, 0.717) is 26.1 Å². The summed E-state index contributed by atoms with van der Waals surface area (Å²) in [4.78, 5) is 13.4. The van der Waals surface area contributed by atoms with Crippen molar-refractivity contribution in [3.8, 4) is 0 Å². The average molecular weight is 303 g/mol. The van der Waals surface area contributed by atoms with Gasteiger partial charge in [-0.1, -0.05) is 30.3 Å². The number of carbonyl (C=O) groups is 1. The zero-order valence-corrected chi connectivity index (χ0v) is 11.7. The van der Waals surface area contributed by atoms with Crippen molar-refractivity contribution in [2.75, 3.05) is 26.2 Å². The Morgan fingerprint density at radius 2 is 1.90 bits per heavy atom. The van der Waals surface area contributed by atoms with Gasteiger partial charge in [0.25, 0.3) is 0 Å². The third-order valence-corrected chi connectivity index (χ3v) is 2.78. The van der Waals surface area contributed by atoms with E-state index in [4.69, 9.17) is 5.73 Å². The zero-order chi connectivity index (χ0) is 15.7. The molecule has 0 aliphatic carbocycles. The number of alkyl halides is 3. The quantitative estimate of drug-likeness (QED) is 0.765. The van der Waals surface area contributed by atoms with Crippen LogP contribution in [0, 0.1) is 0 Å². The van der Waals surface area contributed by atoms with E-state index >= 15 is 0 Å². The van der Waals surface area contributed by atoms with E-state index in [0.717, 1.165) is 5.56 Å². The largest absolute Gasteiger partial charge is 0.405 e. The fourth-order valence-corrected chi connectivity index (χ4v) is 1.83. The molecule has 0 saturated carbocycles. The van der Waals surface area contributed by atoms with Crippen molar-refractivity contribution in [3.63, 3.8) is 0 Å². The lowest BCUT2D eigenvalue weighted by Gasteiger charge is -2.22. The average Bonchev–Trinajstić information content (AvgIpc) is 2.43. The van der Waals surface area contributed by atoms with Crippen molar-refractivity contribution in [1.82, 2.24) is 10.2 Å². The highest BCUT2D eigenvalue weighted by Crippen LogP contribution is 2.12. The molecule has 0 saturated heterocycles. The molecule has 0 radical (unpaired) electrons. The van der Waals surface area contributed by atoms with Crippen LogP contribution in [0.25, 0.3) is 0 Å². The number of halogens is 3. The van der Waals surface area contributed by atoms with Gasteiger partial charge in [0.2, 0.25) is 5.91 Å². The van der Waals surface area contributed by atoms with Crippen LogP contribution < -0.4 is 11.1 Å². The van der Waals surface area contributed by atoms with Gasteiger partial charge >= 0.3 is 6.18 Å². The first kappa shape index (κ1) is 17.5. The fraction of sp³-hybridized carbons (Fsp3) is 0.500. The molecule has 1 amide bonds. The molecule has 0 atom stereocenters. The molecule has 0 aliphatic heterocycles. The van der Waals surface area contributed by atoms with E-state index in [1.165, 1.54) is 0 Å². The highest BCUT2D eigenvalue weighted by atomic mass is 19.4. The summed E-state index contributed by atoms with van der Waals surface area (Å²) in [5.41, 5.74) is 6.44. The number of nitrogens with one attached hydrogen (secondary N) is 1. The topological polar surface area (TPSA) is 58.4 Å². The second-order valence-electron chi connectivity index (χ2n) is 4.73. The summed E-state index contributed by atoms with van der Waals surface area (Å²) in [5, 5.41) is 1.88. The highest BCUT2D eigenvalue weighted by molar-refractivity contribution is 5.78. The smallest absolute Gasteiger partial charge is 0.346 e. The lowest BCUT2D eigenvalue weighted by Crippen LogP contribution is -2.41. The number of rotatable bonds is 8. The minimum Gasteiger partial charge on any atom is -0.346 e. The SMILES string of the molecule is NCCCN(CC(=O)NCC(F)(F)F)Cc1ccccc1. The van der Waals surface area contributed by atoms with Gasteiger partial charge in [-0.25, -0.2) is 0 Å². The zero-order valence-electron chi connectivity index (χ0n) is 11.7. The molecule has 0 fully saturated rings. The number of nitrogens with zero attached hydrogens (tertiary/aromatic N) is 1. The third kappa shape index (κ3) is 8.31. The molecular weight excluding hydrogens is 283 g/mol. The van der Waals surface area contributed by atoms with Gasteiger partial charge in [-0.05, 0) is 18.5 Å². The van der Waals surface area contributed by atoms with Crippen molar-refractivity contribution in [1.29, 1.82) is 0 Å². The second-order valence-corrected chi connectivity index (χ2v) is 4.73. The molecule has 0 aromatic heterocycles. The van der Waals surface area contributed by atoms with Crippen LogP contribution in [0.1, 0.15) is 12.0 Å². The van der Waals surface area contributed by atoms with Gasteiger partial charge in [0.1, 0.15) is 6.54 Å². The van der Waals surface area contributed by atoms with Gasteiger partial charge in [-0.15, -0.1) is 0 Å². The van der Waals surface area contributed by atoms with E-state index in [2.05, 4.69) is 0 Å². The fourth-order valence-electron chi connectivity index (χ4n) is 1.83. The minimum absolute atomic E-state index is 0.0784. The molecule has 0 aliphatic rings. The Morgan fingerprint density at radius 1 is 1.24 bits per heavy atom. The monoisotopic (exact) mass is 303 g/mol. The van der Waals surface area contributed by atoms with Crippen LogP contribution in [0.4, 0.5) is 13.2 Å². The van der Waals surface area contributed by atoms with Crippen LogP contribution in [0.2, 0.25) is 0 Å². The molecule has 3 N–H and O–H groups in total. The first-order chi connectivity index (χ1) is 9.90. The summed E-state index contributed by atoms with van der Waals surface area (Å²) in [5.74, 6) is -0.639. The predicted octanol–water partition coefficient (Wildman–Crippen LogP) is 1.52. The van der Waals surface area contributed by atoms with E-state index in [1.807, 2.05) is 35.6 Å². The lowest BCUT2D eigenvalue weighted by atomic mass is 10.2. The Balaban J connectivity index is 2.51. The molecule has 0 unspecified atom stereocenters. The first-order valence-electron chi connectivity index (χ1n) is 6.70. The molecule has 4 nitrogen and oxygen atoms in total. The van der Waals surface area contributed by atoms with E-state index in [9.17, 15) is 18.0 Å². The molecule has 118 valence electrons. The van der Waals surface area contributed by atoms with Gasteiger partial charge in [0, 0.05) is 13.1 Å². The molecule has 1 aromatic carbocycles. The lowest BCUT2D eigenvalue weighted by molar-refractivity contribution is -0.139. The van der Waals surface area contributed by atoms with Gasteiger partial charge in [-0.2, -0.15) is 13.2 Å². The van der Waals surface area contributed by atoms with Crippen LogP contribution in [0.15, 0.2) is 30.3 Å². The number of benzene rings is 1. The number of amides is 1. The molecule has 1 aromatic rings. The van der Waals surface area contributed by atoms with E-state index < -0.39 is 18.6 Å². The Morgan fingerprint density at radius 3 is 2.48 bits per heavy atom. The molecule has 21 heavy (non-hydrogen) atoms. The standard InChI is InChI=1S/C14H20F3N3O/c15-14(16,17)11-19-13(21)10-20(8-4-7-18)9-12-5-2-1-3-6-12/h1-3,5-6H,4,7-11,18H2,(H,19,21). The first-order valence-corrected chi connectivity index (χ1v) is 6.70. The Labute approximate surface area is 122 Å². The van der Waals surface area contributed by atoms with Crippen molar-refractivity contribution in [2.45, 2.75) is 19.1 Å². The Bertz CT molecular complexity index is 423. The number of carbonyl (C=O) groups excluding carboxylic acids is 1. The van der Waals surface area contributed by atoms with E-state index in [-0.39, 0.29) is 6.54 Å². The molecule has 0 bridgehead atoms. The number of nitrogens with two attached hydrogens (primary N) is 1. The highest BCUT2D eigenvalue weighted by Gasteiger charge is 2.27. The summed E-state index contributed by atoms with van der Waals surface area (Å²) >= 11 is 0. The molecule has 0 spiro atoms. The number of hydrogen-bond donors (Lipinski definition) is 2. The number of hydrogen-bond acceptors (Lipinski definition) is 3. The predicted molar refractivity (Wildman–Crippen MR) is 74.5 cm³/mol. The summed E-state index contributed by atoms with van der Waals surface area (Å²) < 4.78 is 36.2. The maximum absolute atomic E-state index is 12.1. The van der Waals surface area contributed by atoms with Gasteiger partial charge in [0.15, 0.2) is 0 Å². The van der Waals surface area contributed by atoms with Gasteiger partial charge < -0.3 is 11.1 Å². The maximum Gasteiger partial charge on any atom is 0.405 e. The summed E-state index contributed by atoms with van der Waals surface area (Å²) in [6, 6.07) is 9.44. The normalized spacial score (nSPS) is 11.7. The van der Waals surface area contributed by atoms with Crippen molar-refractivity contribution < 1.29 is 18.0 Å². The molecule has 1 rings (SSSR count). The summed E-state index contributed by atoms with van der Waals surface area (Å²) in [7, 11) is 0. The Hall–Kier alpha value is -1.60. The van der Waals surface area contributed by atoms with Crippen LogP contribution in [-0.4, -0.2) is 43.2 Å². The van der Waals surface area contributed by atoms with Gasteiger partial charge in [0.05, 0.1) is 6.54 Å². The van der Waals surface area contributed by atoms with Crippen LogP contribution in [-0.2, 0) is 11.3 Å². The van der Waals surface area contributed by atoms with Crippen LogP contribution >= 0.6 is 0 Å². The minimum atomic E-state index is -4.39. The van der Waals surface area contributed by atoms with Gasteiger partial charge in [-0.3, -0.25) is 9.69 Å².